The van der Waals surface area contributed by atoms with E-state index in [1.54, 1.807) is 11.8 Å². The summed E-state index contributed by atoms with van der Waals surface area (Å²) in [6.45, 7) is 1.41. The van der Waals surface area contributed by atoms with Crippen LogP contribution in [-0.4, -0.2) is 24.7 Å². The normalized spacial score (nSPS) is 16.6. The minimum atomic E-state index is 0.167. The van der Waals surface area contributed by atoms with Crippen LogP contribution >= 0.6 is 11.8 Å². The van der Waals surface area contributed by atoms with Gasteiger partial charge >= 0.3 is 0 Å². The van der Waals surface area contributed by atoms with Crippen molar-refractivity contribution in [2.75, 3.05) is 23.7 Å². The number of rotatable bonds is 5. The number of hydrogen-bond donors (Lipinski definition) is 1. The Morgan fingerprint density at radius 1 is 1.14 bits per heavy atom. The zero-order chi connectivity index (χ0) is 15.4. The third-order valence-electron chi connectivity index (χ3n) is 3.99. The van der Waals surface area contributed by atoms with Crippen molar-refractivity contribution in [3.05, 3.63) is 60.2 Å². The number of thioether (sulfide) groups is 1. The summed E-state index contributed by atoms with van der Waals surface area (Å²) >= 11 is 1.59. The molecule has 3 rings (SSSR count). The Kier molecular flexibility index (Phi) is 4.80. The van der Waals surface area contributed by atoms with Gasteiger partial charge in [0, 0.05) is 23.0 Å². The fourth-order valence-electron chi connectivity index (χ4n) is 2.92. The smallest absolute Gasteiger partial charge is 0.237 e. The molecule has 0 aromatic heterocycles. The quantitative estimate of drug-likeness (QED) is 0.862. The number of fused-ring (bicyclic) bond motifs is 1. The number of nitrogens with zero attached hydrogens (tertiary/aromatic N) is 1. The first kappa shape index (κ1) is 15.1. The molecule has 1 amide bonds. The van der Waals surface area contributed by atoms with E-state index in [0.717, 1.165) is 23.5 Å². The maximum atomic E-state index is 12.6. The van der Waals surface area contributed by atoms with E-state index in [0.29, 0.717) is 18.2 Å². The van der Waals surface area contributed by atoms with E-state index < -0.39 is 0 Å². The zero-order valence-electron chi connectivity index (χ0n) is 12.4. The van der Waals surface area contributed by atoms with Crippen LogP contribution in [-0.2, 0) is 4.79 Å². The summed E-state index contributed by atoms with van der Waals surface area (Å²) in [5, 5.41) is 0. The Hall–Kier alpha value is -1.78. The zero-order valence-corrected chi connectivity index (χ0v) is 13.3. The average molecular weight is 312 g/mol. The molecule has 1 atom stereocenters. The molecule has 0 fully saturated rings. The summed E-state index contributed by atoms with van der Waals surface area (Å²) in [7, 11) is 0. The Labute approximate surface area is 135 Å². The van der Waals surface area contributed by atoms with E-state index >= 15 is 0 Å². The topological polar surface area (TPSA) is 46.3 Å². The molecule has 4 heteroatoms. The molecule has 0 radical (unpaired) electrons. The summed E-state index contributed by atoms with van der Waals surface area (Å²) in [5.41, 5.74) is 8.02. The molecule has 2 N–H and O–H groups in total. The van der Waals surface area contributed by atoms with Gasteiger partial charge in [-0.3, -0.25) is 4.79 Å². The van der Waals surface area contributed by atoms with Crippen molar-refractivity contribution in [2.24, 2.45) is 5.73 Å². The largest absolute Gasteiger partial charge is 0.330 e. The van der Waals surface area contributed by atoms with E-state index in [9.17, 15) is 4.79 Å². The fraction of sp³-hybridized carbons (Fsp3) is 0.278. The van der Waals surface area contributed by atoms with Crippen molar-refractivity contribution in [3.8, 4) is 0 Å². The predicted molar refractivity (Wildman–Crippen MR) is 92.4 cm³/mol. The molecule has 1 aliphatic heterocycles. The SMILES string of the molecule is NCCC1CN(C(=O)CSc2ccccc2)c2ccccc21. The van der Waals surface area contributed by atoms with Gasteiger partial charge in [0.2, 0.25) is 5.91 Å². The van der Waals surface area contributed by atoms with Gasteiger partial charge in [-0.05, 0) is 36.7 Å². The van der Waals surface area contributed by atoms with E-state index in [2.05, 4.69) is 6.07 Å². The first-order valence-electron chi connectivity index (χ1n) is 7.57. The predicted octanol–water partition coefficient (Wildman–Crippen LogP) is 3.26. The first-order valence-corrected chi connectivity index (χ1v) is 8.55. The molecule has 22 heavy (non-hydrogen) atoms. The number of benzene rings is 2. The third-order valence-corrected chi connectivity index (χ3v) is 4.99. The Bertz CT molecular complexity index is 645. The van der Waals surface area contributed by atoms with Gasteiger partial charge in [0.05, 0.1) is 5.75 Å². The monoisotopic (exact) mass is 312 g/mol. The second-order valence-corrected chi connectivity index (χ2v) is 6.49. The molecule has 3 nitrogen and oxygen atoms in total. The van der Waals surface area contributed by atoms with Crippen LogP contribution in [0.25, 0.3) is 0 Å². The molecule has 0 saturated heterocycles. The molecular weight excluding hydrogens is 292 g/mol. The lowest BCUT2D eigenvalue weighted by Gasteiger charge is -2.17. The third kappa shape index (κ3) is 3.18. The highest BCUT2D eigenvalue weighted by Crippen LogP contribution is 2.38. The molecule has 0 aliphatic carbocycles. The molecular formula is C18H20N2OS. The lowest BCUT2D eigenvalue weighted by Crippen LogP contribution is -2.31. The van der Waals surface area contributed by atoms with E-state index in [1.165, 1.54) is 5.56 Å². The summed E-state index contributed by atoms with van der Waals surface area (Å²) < 4.78 is 0. The molecule has 114 valence electrons. The van der Waals surface area contributed by atoms with Crippen molar-refractivity contribution in [1.82, 2.24) is 0 Å². The lowest BCUT2D eigenvalue weighted by molar-refractivity contribution is -0.116. The number of nitrogens with two attached hydrogens (primary N) is 1. The highest BCUT2D eigenvalue weighted by molar-refractivity contribution is 8.00. The minimum Gasteiger partial charge on any atom is -0.330 e. The van der Waals surface area contributed by atoms with Gasteiger partial charge in [0.25, 0.3) is 0 Å². The molecule has 0 saturated carbocycles. The second kappa shape index (κ2) is 6.99. The number of hydrogen-bond acceptors (Lipinski definition) is 3. The van der Waals surface area contributed by atoms with E-state index in [1.807, 2.05) is 53.4 Å². The maximum Gasteiger partial charge on any atom is 0.237 e. The van der Waals surface area contributed by atoms with Crippen LogP contribution in [0.3, 0.4) is 0 Å². The highest BCUT2D eigenvalue weighted by atomic mass is 32.2. The second-order valence-electron chi connectivity index (χ2n) is 5.44. The van der Waals surface area contributed by atoms with Crippen molar-refractivity contribution < 1.29 is 4.79 Å². The Morgan fingerprint density at radius 3 is 2.64 bits per heavy atom. The molecule has 1 aliphatic rings. The highest BCUT2D eigenvalue weighted by Gasteiger charge is 2.31. The molecule has 1 unspecified atom stereocenters. The van der Waals surface area contributed by atoms with E-state index in [4.69, 9.17) is 5.73 Å². The minimum absolute atomic E-state index is 0.167. The van der Waals surface area contributed by atoms with Crippen LogP contribution < -0.4 is 10.6 Å². The summed E-state index contributed by atoms with van der Waals surface area (Å²) in [6, 6.07) is 18.2. The molecule has 2 aromatic carbocycles. The summed E-state index contributed by atoms with van der Waals surface area (Å²) in [6.07, 6.45) is 0.923. The summed E-state index contributed by atoms with van der Waals surface area (Å²) in [5.74, 6) is 1.00. The van der Waals surface area contributed by atoms with Crippen molar-refractivity contribution >= 4 is 23.4 Å². The number of carbonyl (C=O) groups is 1. The van der Waals surface area contributed by atoms with Gasteiger partial charge in [0.1, 0.15) is 0 Å². The van der Waals surface area contributed by atoms with Crippen molar-refractivity contribution in [2.45, 2.75) is 17.2 Å². The average Bonchev–Trinajstić information content (AvgIpc) is 2.93. The van der Waals surface area contributed by atoms with Crippen LogP contribution in [0.1, 0.15) is 17.9 Å². The van der Waals surface area contributed by atoms with Gasteiger partial charge in [-0.2, -0.15) is 0 Å². The number of para-hydroxylation sites is 1. The summed E-state index contributed by atoms with van der Waals surface area (Å²) in [4.78, 5) is 15.7. The maximum absolute atomic E-state index is 12.6. The van der Waals surface area contributed by atoms with Gasteiger partial charge in [-0.1, -0.05) is 36.4 Å². The lowest BCUT2D eigenvalue weighted by atomic mass is 9.98. The van der Waals surface area contributed by atoms with Gasteiger partial charge in [0.15, 0.2) is 0 Å². The van der Waals surface area contributed by atoms with Gasteiger partial charge in [-0.25, -0.2) is 0 Å². The van der Waals surface area contributed by atoms with Crippen molar-refractivity contribution in [1.29, 1.82) is 0 Å². The van der Waals surface area contributed by atoms with Gasteiger partial charge in [-0.15, -0.1) is 11.8 Å². The van der Waals surface area contributed by atoms with E-state index in [-0.39, 0.29) is 5.91 Å². The molecule has 0 bridgehead atoms. The molecule has 0 spiro atoms. The van der Waals surface area contributed by atoms with Crippen LogP contribution in [0, 0.1) is 0 Å². The standard InChI is InChI=1S/C18H20N2OS/c19-11-10-14-12-20(17-9-5-4-8-16(14)17)18(21)13-22-15-6-2-1-3-7-15/h1-9,14H,10-13,19H2. The van der Waals surface area contributed by atoms with Crippen LogP contribution in [0.5, 0.6) is 0 Å². The van der Waals surface area contributed by atoms with Gasteiger partial charge < -0.3 is 10.6 Å². The number of anilines is 1. The molecule has 1 heterocycles. The Morgan fingerprint density at radius 2 is 1.86 bits per heavy atom. The number of amides is 1. The fourth-order valence-corrected chi connectivity index (χ4v) is 3.72. The van der Waals surface area contributed by atoms with Crippen LogP contribution in [0.15, 0.2) is 59.5 Å². The van der Waals surface area contributed by atoms with Crippen molar-refractivity contribution in [3.63, 3.8) is 0 Å². The number of carbonyl (C=O) groups excluding carboxylic acids is 1. The first-order chi connectivity index (χ1) is 10.8. The van der Waals surface area contributed by atoms with Crippen LogP contribution in [0.2, 0.25) is 0 Å². The molecule has 2 aromatic rings. The van der Waals surface area contributed by atoms with Crippen LogP contribution in [0.4, 0.5) is 5.69 Å². The Balaban J connectivity index is 1.71.